The minimum Gasteiger partial charge on any atom is -0.365 e. The smallest absolute Gasteiger partial charge is 0.275 e. The van der Waals surface area contributed by atoms with Gasteiger partial charge < -0.3 is 11.1 Å². The van der Waals surface area contributed by atoms with Crippen molar-refractivity contribution < 1.29 is 10.1 Å². The molecule has 102 valence electrons. The molecule has 0 spiro atoms. The molecule has 0 aromatic rings. The highest BCUT2D eigenvalue weighted by Gasteiger charge is 2.54. The van der Waals surface area contributed by atoms with E-state index in [4.69, 9.17) is 5.73 Å². The van der Waals surface area contributed by atoms with Crippen molar-refractivity contribution in [2.75, 3.05) is 0 Å². The van der Waals surface area contributed by atoms with Gasteiger partial charge in [-0.3, -0.25) is 4.79 Å². The molecule has 0 unspecified atom stereocenters. The second-order valence-corrected chi connectivity index (χ2v) is 7.45. The summed E-state index contributed by atoms with van der Waals surface area (Å²) in [5.41, 5.74) is 5.92. The third-order valence-electron chi connectivity index (χ3n) is 6.08. The molecule has 4 N–H and O–H groups in total. The third kappa shape index (κ3) is 1.97. The molecule has 0 aromatic heterocycles. The molecule has 4 rings (SSSR count). The number of rotatable bonds is 4. The molecule has 0 saturated heterocycles. The van der Waals surface area contributed by atoms with Crippen molar-refractivity contribution in [2.45, 2.75) is 64.5 Å². The lowest BCUT2D eigenvalue weighted by atomic mass is 9.48. The van der Waals surface area contributed by atoms with Crippen molar-refractivity contribution in [3.8, 4) is 0 Å². The quantitative estimate of drug-likeness (QED) is 0.770. The molecule has 4 aliphatic rings. The van der Waals surface area contributed by atoms with Gasteiger partial charge in [0.15, 0.2) is 6.04 Å². The summed E-state index contributed by atoms with van der Waals surface area (Å²) in [6.07, 6.45) is 8.67. The van der Waals surface area contributed by atoms with Gasteiger partial charge in [-0.1, -0.05) is 0 Å². The Labute approximate surface area is 110 Å². The van der Waals surface area contributed by atoms with E-state index in [2.05, 4.69) is 12.2 Å². The van der Waals surface area contributed by atoms with E-state index in [9.17, 15) is 4.79 Å². The number of hydrogen-bond acceptors (Lipinski definition) is 1. The largest absolute Gasteiger partial charge is 0.365 e. The molecule has 2 atom stereocenters. The van der Waals surface area contributed by atoms with Crippen LogP contribution >= 0.6 is 0 Å². The molecular weight excluding hydrogens is 224 g/mol. The van der Waals surface area contributed by atoms with Gasteiger partial charge in [-0.25, -0.2) is 0 Å². The lowest BCUT2D eigenvalue weighted by Crippen LogP contribution is -2.98. The first-order valence-electron chi connectivity index (χ1n) is 7.63. The fourth-order valence-electron chi connectivity index (χ4n) is 5.47. The Hall–Kier alpha value is -0.570. The van der Waals surface area contributed by atoms with Gasteiger partial charge >= 0.3 is 0 Å². The van der Waals surface area contributed by atoms with E-state index in [0.29, 0.717) is 11.5 Å². The maximum Gasteiger partial charge on any atom is 0.275 e. The van der Waals surface area contributed by atoms with Crippen LogP contribution in [0.25, 0.3) is 0 Å². The molecule has 3 nitrogen and oxygen atoms in total. The zero-order valence-electron chi connectivity index (χ0n) is 11.7. The summed E-state index contributed by atoms with van der Waals surface area (Å²) in [4.78, 5) is 11.3. The van der Waals surface area contributed by atoms with Crippen molar-refractivity contribution >= 4 is 5.91 Å². The van der Waals surface area contributed by atoms with Crippen LogP contribution in [-0.4, -0.2) is 18.0 Å². The molecule has 4 saturated carbocycles. The maximum absolute atomic E-state index is 11.3. The normalized spacial score (nSPS) is 44.9. The second-order valence-electron chi connectivity index (χ2n) is 7.45. The summed E-state index contributed by atoms with van der Waals surface area (Å²) in [5.74, 6) is 2.77. The van der Waals surface area contributed by atoms with E-state index in [1.165, 1.54) is 38.5 Å². The minimum atomic E-state index is -0.174. The first-order chi connectivity index (χ1) is 8.48. The summed E-state index contributed by atoms with van der Waals surface area (Å²) in [6.45, 7) is 4.27. The van der Waals surface area contributed by atoms with Gasteiger partial charge in [0.2, 0.25) is 0 Å². The Bertz CT molecular complexity index is 317. The number of carbonyl (C=O) groups excluding carboxylic acids is 1. The molecule has 4 fully saturated rings. The van der Waals surface area contributed by atoms with E-state index in [1.54, 1.807) is 0 Å². The Morgan fingerprint density at radius 2 is 1.56 bits per heavy atom. The van der Waals surface area contributed by atoms with Crippen LogP contribution in [0.5, 0.6) is 0 Å². The minimum absolute atomic E-state index is 0.0759. The van der Waals surface area contributed by atoms with Gasteiger partial charge in [0.1, 0.15) is 0 Å². The molecule has 4 aliphatic carbocycles. The lowest BCUT2D eigenvalue weighted by molar-refractivity contribution is -0.718. The molecule has 0 aromatic carbocycles. The number of primary amides is 1. The molecule has 3 heteroatoms. The average Bonchev–Trinajstić information content (AvgIpc) is 2.26. The van der Waals surface area contributed by atoms with Crippen molar-refractivity contribution in [3.05, 3.63) is 0 Å². The average molecular weight is 251 g/mol. The van der Waals surface area contributed by atoms with Gasteiger partial charge in [-0.2, -0.15) is 0 Å². The zero-order chi connectivity index (χ0) is 12.9. The van der Waals surface area contributed by atoms with Crippen molar-refractivity contribution in [1.29, 1.82) is 0 Å². The van der Waals surface area contributed by atoms with Crippen LogP contribution in [0, 0.1) is 23.2 Å². The Morgan fingerprint density at radius 1 is 1.11 bits per heavy atom. The summed E-state index contributed by atoms with van der Waals surface area (Å²) in [5, 5.41) is 2.23. The van der Waals surface area contributed by atoms with Crippen molar-refractivity contribution in [3.63, 3.8) is 0 Å². The molecule has 0 radical (unpaired) electrons. The Balaban J connectivity index is 1.72. The van der Waals surface area contributed by atoms with E-state index in [-0.39, 0.29) is 11.9 Å². The zero-order valence-corrected chi connectivity index (χ0v) is 11.7. The molecule has 1 amide bonds. The predicted octanol–water partition coefficient (Wildman–Crippen LogP) is 1.03. The summed E-state index contributed by atoms with van der Waals surface area (Å²) < 4.78 is 0. The highest BCUT2D eigenvalue weighted by Crippen LogP contribution is 2.60. The van der Waals surface area contributed by atoms with Crippen LogP contribution in [0.4, 0.5) is 0 Å². The summed E-state index contributed by atoms with van der Waals surface area (Å²) in [6, 6.07) is 0.474. The predicted molar refractivity (Wildman–Crippen MR) is 70.6 cm³/mol. The van der Waals surface area contributed by atoms with Crippen LogP contribution in [0.1, 0.15) is 52.4 Å². The van der Waals surface area contributed by atoms with E-state index in [0.717, 1.165) is 17.8 Å². The number of hydrogen-bond donors (Lipinski definition) is 2. The van der Waals surface area contributed by atoms with Gasteiger partial charge in [0.05, 0.1) is 6.04 Å². The molecule has 0 aliphatic heterocycles. The Kier molecular flexibility index (Phi) is 2.92. The molecule has 0 heterocycles. The van der Waals surface area contributed by atoms with Crippen LogP contribution in [-0.2, 0) is 4.79 Å². The molecular formula is C15H27N2O+. The summed E-state index contributed by atoms with van der Waals surface area (Å²) >= 11 is 0. The van der Waals surface area contributed by atoms with Crippen molar-refractivity contribution in [1.82, 2.24) is 0 Å². The lowest BCUT2D eigenvalue weighted by Gasteiger charge is -2.58. The number of nitrogens with two attached hydrogens (primary N) is 2. The first-order valence-corrected chi connectivity index (χ1v) is 7.63. The Morgan fingerprint density at radius 3 is 1.94 bits per heavy atom. The van der Waals surface area contributed by atoms with Crippen LogP contribution in [0.3, 0.4) is 0 Å². The van der Waals surface area contributed by atoms with Crippen LogP contribution in [0.15, 0.2) is 0 Å². The topological polar surface area (TPSA) is 59.7 Å². The van der Waals surface area contributed by atoms with Gasteiger partial charge in [0, 0.05) is 5.41 Å². The molecule has 18 heavy (non-hydrogen) atoms. The fourth-order valence-corrected chi connectivity index (χ4v) is 5.47. The van der Waals surface area contributed by atoms with E-state index >= 15 is 0 Å². The highest BCUT2D eigenvalue weighted by molar-refractivity contribution is 5.77. The number of amides is 1. The fraction of sp³-hybridized carbons (Fsp3) is 0.933. The van der Waals surface area contributed by atoms with Gasteiger partial charge in [0.25, 0.3) is 5.91 Å². The monoisotopic (exact) mass is 251 g/mol. The highest BCUT2D eigenvalue weighted by atomic mass is 16.1. The van der Waals surface area contributed by atoms with Gasteiger partial charge in [-0.15, -0.1) is 0 Å². The first kappa shape index (κ1) is 12.5. The number of carbonyl (C=O) groups is 1. The van der Waals surface area contributed by atoms with E-state index in [1.807, 2.05) is 6.92 Å². The second kappa shape index (κ2) is 4.22. The van der Waals surface area contributed by atoms with E-state index < -0.39 is 0 Å². The standard InChI is InChI=1S/C15H26N2O/c1-9(14(16)18)17-10(2)15-6-11-3-12(7-15)5-13(4-11)8-15/h9-13,17H,3-8H2,1-2H3,(H2,16,18)/p+1/t9-,10-,11?,12?,13?,15?/m0/s1. The van der Waals surface area contributed by atoms with Crippen LogP contribution in [0.2, 0.25) is 0 Å². The number of quaternary nitrogens is 1. The SMILES string of the molecule is C[C@H]([NH2+][C@@H](C)C12CC3CC(CC(C3)C1)C2)C(N)=O. The van der Waals surface area contributed by atoms with Crippen LogP contribution < -0.4 is 11.1 Å². The summed E-state index contributed by atoms with van der Waals surface area (Å²) in [7, 11) is 0. The van der Waals surface area contributed by atoms with Gasteiger partial charge in [-0.05, 0) is 70.1 Å². The third-order valence-corrected chi connectivity index (χ3v) is 6.08. The molecule has 4 bridgehead atoms. The maximum atomic E-state index is 11.3. The van der Waals surface area contributed by atoms with Crippen molar-refractivity contribution in [2.24, 2.45) is 28.9 Å².